The summed E-state index contributed by atoms with van der Waals surface area (Å²) in [5, 5.41) is 9.93. The largest absolute Gasteiger partial charge is 0.508 e. The van der Waals surface area contributed by atoms with Crippen LogP contribution in [0.5, 0.6) is 17.2 Å². The minimum atomic E-state index is -0.815. The standard InChI is InChI=1S/C17H17FO4/c1-3-6-11-13(19)8-5-9-14(11)22-15-10-4-7-12(18)16(15)17(20)21-2/h4-5,7-10,19H,3,6H2,1-2H3. The second-order valence-electron chi connectivity index (χ2n) is 4.71. The maximum atomic E-state index is 13.9. The Morgan fingerprint density at radius 1 is 1.18 bits per heavy atom. The topological polar surface area (TPSA) is 55.8 Å². The number of benzene rings is 2. The molecule has 4 nitrogen and oxygen atoms in total. The Kier molecular flexibility index (Phi) is 4.99. The summed E-state index contributed by atoms with van der Waals surface area (Å²) in [6.45, 7) is 1.97. The third-order valence-corrected chi connectivity index (χ3v) is 3.19. The molecule has 0 unspecified atom stereocenters. The fourth-order valence-corrected chi connectivity index (χ4v) is 2.16. The van der Waals surface area contributed by atoms with E-state index in [-0.39, 0.29) is 17.1 Å². The van der Waals surface area contributed by atoms with E-state index < -0.39 is 11.8 Å². The SMILES string of the molecule is CCCc1c(O)cccc1Oc1cccc(F)c1C(=O)OC. The number of rotatable bonds is 5. The van der Waals surface area contributed by atoms with Gasteiger partial charge in [-0.25, -0.2) is 9.18 Å². The summed E-state index contributed by atoms with van der Waals surface area (Å²) in [5.74, 6) is -0.991. The second-order valence-corrected chi connectivity index (χ2v) is 4.71. The molecule has 2 aromatic carbocycles. The molecule has 0 aliphatic rings. The number of carbonyl (C=O) groups excluding carboxylic acids is 1. The summed E-state index contributed by atoms with van der Waals surface area (Å²) >= 11 is 0. The zero-order chi connectivity index (χ0) is 16.1. The molecule has 5 heteroatoms. The smallest absolute Gasteiger partial charge is 0.344 e. The molecule has 0 atom stereocenters. The van der Waals surface area contributed by atoms with Gasteiger partial charge in [0.15, 0.2) is 0 Å². The summed E-state index contributed by atoms with van der Waals surface area (Å²) in [5.41, 5.74) is 0.348. The van der Waals surface area contributed by atoms with E-state index in [2.05, 4.69) is 4.74 Å². The van der Waals surface area contributed by atoms with Crippen molar-refractivity contribution < 1.29 is 23.8 Å². The minimum Gasteiger partial charge on any atom is -0.508 e. The lowest BCUT2D eigenvalue weighted by atomic mass is 10.1. The first-order valence-electron chi connectivity index (χ1n) is 6.94. The number of hydrogen-bond acceptors (Lipinski definition) is 4. The summed E-state index contributed by atoms with van der Waals surface area (Å²) < 4.78 is 24.2. The molecule has 0 spiro atoms. The van der Waals surface area contributed by atoms with Gasteiger partial charge in [-0.15, -0.1) is 0 Å². The van der Waals surface area contributed by atoms with Gasteiger partial charge in [-0.3, -0.25) is 0 Å². The molecule has 2 rings (SSSR count). The van der Waals surface area contributed by atoms with Crippen molar-refractivity contribution in [3.63, 3.8) is 0 Å². The molecular weight excluding hydrogens is 287 g/mol. The van der Waals surface area contributed by atoms with Crippen molar-refractivity contribution >= 4 is 5.97 Å². The van der Waals surface area contributed by atoms with Gasteiger partial charge in [0.25, 0.3) is 0 Å². The van der Waals surface area contributed by atoms with E-state index in [9.17, 15) is 14.3 Å². The van der Waals surface area contributed by atoms with Crippen molar-refractivity contribution in [2.75, 3.05) is 7.11 Å². The van der Waals surface area contributed by atoms with Crippen molar-refractivity contribution in [1.29, 1.82) is 0 Å². The van der Waals surface area contributed by atoms with E-state index in [1.807, 2.05) is 6.92 Å². The Hall–Kier alpha value is -2.56. The number of hydrogen-bond donors (Lipinski definition) is 1. The first kappa shape index (κ1) is 15.8. The monoisotopic (exact) mass is 304 g/mol. The minimum absolute atomic E-state index is 0.0507. The van der Waals surface area contributed by atoms with Crippen molar-refractivity contribution in [2.24, 2.45) is 0 Å². The van der Waals surface area contributed by atoms with Gasteiger partial charge in [0.05, 0.1) is 7.11 Å². The van der Waals surface area contributed by atoms with Gasteiger partial charge in [0, 0.05) is 5.56 Å². The lowest BCUT2D eigenvalue weighted by Gasteiger charge is -2.14. The Balaban J connectivity index is 2.46. The van der Waals surface area contributed by atoms with Crippen LogP contribution in [0.4, 0.5) is 4.39 Å². The van der Waals surface area contributed by atoms with E-state index in [1.165, 1.54) is 19.2 Å². The van der Waals surface area contributed by atoms with E-state index in [4.69, 9.17) is 4.74 Å². The van der Waals surface area contributed by atoms with Gasteiger partial charge in [-0.1, -0.05) is 25.5 Å². The molecule has 22 heavy (non-hydrogen) atoms. The molecule has 0 aliphatic carbocycles. The van der Waals surface area contributed by atoms with Crippen LogP contribution in [-0.2, 0) is 11.2 Å². The molecule has 0 radical (unpaired) electrons. The fraction of sp³-hybridized carbons (Fsp3) is 0.235. The summed E-state index contributed by atoms with van der Waals surface area (Å²) in [4.78, 5) is 11.7. The van der Waals surface area contributed by atoms with Crippen LogP contribution < -0.4 is 4.74 Å². The van der Waals surface area contributed by atoms with Crippen molar-refractivity contribution in [1.82, 2.24) is 0 Å². The molecule has 0 saturated carbocycles. The maximum Gasteiger partial charge on any atom is 0.344 e. The number of esters is 1. The van der Waals surface area contributed by atoms with Crippen LogP contribution in [0.15, 0.2) is 36.4 Å². The average molecular weight is 304 g/mol. The van der Waals surface area contributed by atoms with E-state index in [0.29, 0.717) is 17.7 Å². The molecule has 0 fully saturated rings. The van der Waals surface area contributed by atoms with E-state index in [0.717, 1.165) is 12.5 Å². The first-order chi connectivity index (χ1) is 10.6. The Morgan fingerprint density at radius 2 is 1.86 bits per heavy atom. The number of phenols is 1. The highest BCUT2D eigenvalue weighted by Crippen LogP contribution is 2.34. The van der Waals surface area contributed by atoms with Gasteiger partial charge in [-0.2, -0.15) is 0 Å². The number of carbonyl (C=O) groups is 1. The number of phenolic OH excluding ortho intramolecular Hbond substituents is 1. The normalized spacial score (nSPS) is 10.3. The summed E-state index contributed by atoms with van der Waals surface area (Å²) in [7, 11) is 1.18. The van der Waals surface area contributed by atoms with Crippen LogP contribution in [0.2, 0.25) is 0 Å². The highest BCUT2D eigenvalue weighted by atomic mass is 19.1. The van der Waals surface area contributed by atoms with Crippen molar-refractivity contribution in [3.05, 3.63) is 53.3 Å². The van der Waals surface area contributed by atoms with Crippen LogP contribution in [0.25, 0.3) is 0 Å². The van der Waals surface area contributed by atoms with Crippen LogP contribution in [-0.4, -0.2) is 18.2 Å². The third-order valence-electron chi connectivity index (χ3n) is 3.19. The van der Waals surface area contributed by atoms with Crippen LogP contribution >= 0.6 is 0 Å². The molecular formula is C17H17FO4. The fourth-order valence-electron chi connectivity index (χ4n) is 2.16. The van der Waals surface area contributed by atoms with Crippen molar-refractivity contribution in [2.45, 2.75) is 19.8 Å². The zero-order valence-corrected chi connectivity index (χ0v) is 12.4. The lowest BCUT2D eigenvalue weighted by molar-refractivity contribution is 0.0592. The third kappa shape index (κ3) is 3.19. The molecule has 0 bridgehead atoms. The maximum absolute atomic E-state index is 13.9. The van der Waals surface area contributed by atoms with Crippen LogP contribution in [0.1, 0.15) is 29.3 Å². The number of ether oxygens (including phenoxy) is 2. The number of aromatic hydroxyl groups is 1. The molecule has 1 N–H and O–H groups in total. The zero-order valence-electron chi connectivity index (χ0n) is 12.4. The predicted octanol–water partition coefficient (Wildman–Crippen LogP) is 4.06. The highest BCUT2D eigenvalue weighted by Gasteiger charge is 2.20. The Morgan fingerprint density at radius 3 is 2.55 bits per heavy atom. The molecule has 2 aromatic rings. The van der Waals surface area contributed by atoms with Crippen LogP contribution in [0.3, 0.4) is 0 Å². The quantitative estimate of drug-likeness (QED) is 0.846. The molecule has 0 aromatic heterocycles. The van der Waals surface area contributed by atoms with Gasteiger partial charge in [0.1, 0.15) is 28.6 Å². The van der Waals surface area contributed by atoms with Gasteiger partial charge < -0.3 is 14.6 Å². The Labute approximate surface area is 128 Å². The van der Waals surface area contributed by atoms with Crippen LogP contribution in [0, 0.1) is 5.82 Å². The van der Waals surface area contributed by atoms with E-state index in [1.54, 1.807) is 18.2 Å². The van der Waals surface area contributed by atoms with Gasteiger partial charge in [0.2, 0.25) is 0 Å². The summed E-state index contributed by atoms with van der Waals surface area (Å²) in [6.07, 6.45) is 1.41. The Bertz CT molecular complexity index is 682. The number of halogens is 1. The predicted molar refractivity (Wildman–Crippen MR) is 79.9 cm³/mol. The first-order valence-corrected chi connectivity index (χ1v) is 6.94. The molecule has 116 valence electrons. The molecule has 0 aliphatic heterocycles. The average Bonchev–Trinajstić information content (AvgIpc) is 2.50. The van der Waals surface area contributed by atoms with Gasteiger partial charge >= 0.3 is 5.97 Å². The second kappa shape index (κ2) is 6.93. The molecule has 0 heterocycles. The van der Waals surface area contributed by atoms with Crippen molar-refractivity contribution in [3.8, 4) is 17.2 Å². The number of methoxy groups -OCH3 is 1. The molecule has 0 saturated heterocycles. The lowest BCUT2D eigenvalue weighted by Crippen LogP contribution is -2.07. The highest BCUT2D eigenvalue weighted by molar-refractivity contribution is 5.92. The molecule has 0 amide bonds. The summed E-state index contributed by atoms with van der Waals surface area (Å²) in [6, 6.07) is 8.94. The van der Waals surface area contributed by atoms with Gasteiger partial charge in [-0.05, 0) is 30.7 Å². The van der Waals surface area contributed by atoms with E-state index >= 15 is 0 Å².